The maximum absolute atomic E-state index is 15.0. The Hall–Kier alpha value is -3.80. The minimum absolute atomic E-state index is 0.104. The molecule has 3 fully saturated rings. The number of aliphatic hydroxyl groups excluding tert-OH is 1. The van der Waals surface area contributed by atoms with Crippen LogP contribution >= 0.6 is 15.9 Å². The third-order valence-electron chi connectivity index (χ3n) is 10.1. The van der Waals surface area contributed by atoms with Crippen molar-refractivity contribution in [1.82, 2.24) is 10.2 Å². The van der Waals surface area contributed by atoms with Gasteiger partial charge >= 0.3 is 5.97 Å². The van der Waals surface area contributed by atoms with Gasteiger partial charge in [0.05, 0.1) is 36.6 Å². The number of fused-ring (bicyclic) bond motifs is 1. The highest BCUT2D eigenvalue weighted by Gasteiger charge is 2.77. The van der Waals surface area contributed by atoms with Crippen LogP contribution in [0.3, 0.4) is 0 Å². The van der Waals surface area contributed by atoms with Gasteiger partial charge in [-0.05, 0) is 49.8 Å². The van der Waals surface area contributed by atoms with Crippen molar-refractivity contribution in [2.75, 3.05) is 24.7 Å². The normalized spacial score (nSPS) is 26.5. The number of rotatable bonds is 15. The van der Waals surface area contributed by atoms with Gasteiger partial charge in [-0.3, -0.25) is 19.2 Å². The molecular formula is C38H46BrN3O7. The minimum atomic E-state index is -1.33. The summed E-state index contributed by atoms with van der Waals surface area (Å²) in [7, 11) is 0. The summed E-state index contributed by atoms with van der Waals surface area (Å²) in [6.45, 7) is 13.0. The summed E-state index contributed by atoms with van der Waals surface area (Å²) in [6.07, 6.45) is 3.94. The quantitative estimate of drug-likeness (QED) is 0.154. The van der Waals surface area contributed by atoms with Crippen molar-refractivity contribution < 1.29 is 33.8 Å². The largest absolute Gasteiger partial charge is 0.463 e. The van der Waals surface area contributed by atoms with E-state index in [9.17, 15) is 24.3 Å². The second kappa shape index (κ2) is 15.4. The smallest absolute Gasteiger partial charge is 0.306 e. The number of para-hydroxylation sites is 1. The number of esters is 1. The van der Waals surface area contributed by atoms with Crippen LogP contribution in [0.15, 0.2) is 73.8 Å². The minimum Gasteiger partial charge on any atom is -0.463 e. The molecule has 3 heterocycles. The zero-order valence-electron chi connectivity index (χ0n) is 28.3. The third kappa shape index (κ3) is 6.72. The first-order valence-electron chi connectivity index (χ1n) is 16.9. The number of alkyl halides is 1. The predicted octanol–water partition coefficient (Wildman–Crippen LogP) is 4.71. The number of aliphatic hydroxyl groups is 1. The Morgan fingerprint density at radius 3 is 2.45 bits per heavy atom. The number of amides is 3. The van der Waals surface area contributed by atoms with Crippen molar-refractivity contribution in [2.45, 2.75) is 81.1 Å². The van der Waals surface area contributed by atoms with E-state index in [1.807, 2.05) is 69.3 Å². The van der Waals surface area contributed by atoms with Crippen LogP contribution in [-0.2, 0) is 28.7 Å². The Bertz CT molecular complexity index is 1560. The second-order valence-electron chi connectivity index (χ2n) is 13.1. The highest BCUT2D eigenvalue weighted by Crippen LogP contribution is 2.60. The number of nitrogens with zero attached hydrogens (tertiary/aromatic N) is 2. The Morgan fingerprint density at radius 2 is 1.84 bits per heavy atom. The molecule has 2 aromatic carbocycles. The van der Waals surface area contributed by atoms with Gasteiger partial charge in [-0.25, -0.2) is 0 Å². The van der Waals surface area contributed by atoms with E-state index >= 15 is 0 Å². The maximum atomic E-state index is 15.0. The lowest BCUT2D eigenvalue weighted by Crippen LogP contribution is -2.59. The summed E-state index contributed by atoms with van der Waals surface area (Å²) in [5, 5.41) is 13.6. The van der Waals surface area contributed by atoms with Gasteiger partial charge in [0.15, 0.2) is 0 Å². The monoisotopic (exact) mass is 735 g/mol. The molecule has 2 bridgehead atoms. The number of halogens is 1. The van der Waals surface area contributed by atoms with Crippen LogP contribution in [0.4, 0.5) is 5.69 Å². The third-order valence-corrected chi connectivity index (χ3v) is 11.0. The van der Waals surface area contributed by atoms with Crippen molar-refractivity contribution >= 4 is 45.3 Å². The van der Waals surface area contributed by atoms with E-state index in [0.717, 1.165) is 22.4 Å². The van der Waals surface area contributed by atoms with Crippen molar-refractivity contribution in [3.05, 3.63) is 90.5 Å². The summed E-state index contributed by atoms with van der Waals surface area (Å²) >= 11 is 3.74. The van der Waals surface area contributed by atoms with Gasteiger partial charge in [-0.15, -0.1) is 13.2 Å². The molecule has 262 valence electrons. The molecule has 1 spiro atoms. The van der Waals surface area contributed by atoms with Crippen LogP contribution in [0.2, 0.25) is 0 Å². The standard InChI is InChI=1S/C38H46BrN3O7/c1-6-9-18-29(44)48-22-28(25-16-11-10-12-17-25)40-35(45)30-31-36(46)42(26(8-3)21-43)34(38(31)20-27(39)33(30)49-38)37(47)41(19-7-2)32-23(4)14-13-15-24(32)5/h6-7,10-17,26-28,30-31,33-34,43H,1-2,8-9,18-22H2,3-5H3,(H,40,45)/t26-,27?,28-,30+,31-,33+,34+,38-/m0/s1. The molecule has 0 aliphatic carbocycles. The van der Waals surface area contributed by atoms with E-state index in [4.69, 9.17) is 9.47 Å². The van der Waals surface area contributed by atoms with Crippen LogP contribution in [0, 0.1) is 25.7 Å². The molecule has 11 heteroatoms. The number of hydrogen-bond donors (Lipinski definition) is 2. The highest BCUT2D eigenvalue weighted by atomic mass is 79.9. The van der Waals surface area contributed by atoms with Gasteiger partial charge in [0.25, 0.3) is 5.91 Å². The first-order valence-corrected chi connectivity index (χ1v) is 17.8. The first kappa shape index (κ1) is 36.5. The molecule has 8 atom stereocenters. The number of aryl methyl sites for hydroxylation is 2. The van der Waals surface area contributed by atoms with E-state index in [2.05, 4.69) is 34.4 Å². The molecule has 10 nitrogen and oxygen atoms in total. The topological polar surface area (TPSA) is 125 Å². The van der Waals surface area contributed by atoms with Crippen LogP contribution in [0.25, 0.3) is 0 Å². The van der Waals surface area contributed by atoms with E-state index in [0.29, 0.717) is 19.3 Å². The summed E-state index contributed by atoms with van der Waals surface area (Å²) < 4.78 is 12.3. The maximum Gasteiger partial charge on any atom is 0.306 e. The lowest BCUT2D eigenvalue weighted by molar-refractivity contribution is -0.146. The van der Waals surface area contributed by atoms with Crippen molar-refractivity contribution in [3.8, 4) is 0 Å². The molecule has 0 saturated carbocycles. The van der Waals surface area contributed by atoms with Crippen LogP contribution in [-0.4, -0.2) is 82.1 Å². The van der Waals surface area contributed by atoms with Gasteiger partial charge in [-0.2, -0.15) is 0 Å². The van der Waals surface area contributed by atoms with E-state index in [1.165, 1.54) is 4.90 Å². The molecule has 3 aliphatic heterocycles. The Kier molecular flexibility index (Phi) is 11.5. The summed E-state index contributed by atoms with van der Waals surface area (Å²) in [5.41, 5.74) is 1.90. The van der Waals surface area contributed by atoms with Gasteiger partial charge in [0, 0.05) is 23.5 Å². The Balaban J connectivity index is 1.53. The number of benzene rings is 2. The zero-order valence-corrected chi connectivity index (χ0v) is 29.9. The van der Waals surface area contributed by atoms with Crippen LogP contribution < -0.4 is 10.2 Å². The molecular weight excluding hydrogens is 690 g/mol. The van der Waals surface area contributed by atoms with Crippen LogP contribution in [0.1, 0.15) is 55.3 Å². The van der Waals surface area contributed by atoms with E-state index < -0.39 is 59.5 Å². The van der Waals surface area contributed by atoms with Crippen molar-refractivity contribution in [3.63, 3.8) is 0 Å². The van der Waals surface area contributed by atoms with Crippen molar-refractivity contribution in [1.29, 1.82) is 0 Å². The second-order valence-corrected chi connectivity index (χ2v) is 14.3. The molecule has 1 unspecified atom stereocenters. The molecule has 0 aromatic heterocycles. The highest BCUT2D eigenvalue weighted by molar-refractivity contribution is 9.09. The molecule has 3 amide bonds. The Labute approximate surface area is 296 Å². The molecule has 3 aliphatic rings. The number of allylic oxidation sites excluding steroid dienone is 1. The number of ether oxygens (including phenoxy) is 2. The molecule has 49 heavy (non-hydrogen) atoms. The molecule has 5 rings (SSSR count). The van der Waals surface area contributed by atoms with Gasteiger partial charge in [-0.1, -0.05) is 83.5 Å². The fraction of sp³-hybridized carbons (Fsp3) is 0.474. The summed E-state index contributed by atoms with van der Waals surface area (Å²) in [4.78, 5) is 59.3. The molecule has 0 radical (unpaired) electrons. The first-order chi connectivity index (χ1) is 23.5. The fourth-order valence-electron chi connectivity index (χ4n) is 7.90. The number of nitrogens with one attached hydrogen (secondary N) is 1. The van der Waals surface area contributed by atoms with Gasteiger partial charge < -0.3 is 29.7 Å². The number of anilines is 1. The number of likely N-dealkylation sites (tertiary alicyclic amines) is 1. The number of carbonyl (C=O) groups excluding carboxylic acids is 4. The Morgan fingerprint density at radius 1 is 1.14 bits per heavy atom. The van der Waals surface area contributed by atoms with Gasteiger partial charge in [0.1, 0.15) is 18.2 Å². The predicted molar refractivity (Wildman–Crippen MR) is 190 cm³/mol. The average Bonchev–Trinajstić information content (AvgIpc) is 3.69. The fourth-order valence-corrected chi connectivity index (χ4v) is 8.84. The number of hydrogen-bond acceptors (Lipinski definition) is 7. The SMILES string of the molecule is C=CCCC(=O)OC[C@H](NC(=O)[C@H]1[C@@H]2O[C@@]3(CC2Br)[C@@H]1C(=O)N([C@@H](CC)CO)[C@@H]3C(=O)N(CC=C)c1c(C)cccc1C)c1ccccc1. The zero-order chi connectivity index (χ0) is 35.5. The molecule has 3 saturated heterocycles. The number of carbonyl (C=O) groups is 4. The summed E-state index contributed by atoms with van der Waals surface area (Å²) in [5.74, 6) is -3.52. The van der Waals surface area contributed by atoms with Gasteiger partial charge in [0.2, 0.25) is 11.8 Å². The average molecular weight is 737 g/mol. The van der Waals surface area contributed by atoms with Crippen molar-refractivity contribution in [2.24, 2.45) is 11.8 Å². The lowest BCUT2D eigenvalue weighted by atomic mass is 9.70. The van der Waals surface area contributed by atoms with E-state index in [-0.39, 0.29) is 36.9 Å². The van der Waals surface area contributed by atoms with Crippen LogP contribution in [0.5, 0.6) is 0 Å². The summed E-state index contributed by atoms with van der Waals surface area (Å²) in [6, 6.07) is 12.5. The van der Waals surface area contributed by atoms with E-state index in [1.54, 1.807) is 17.1 Å². The lowest BCUT2D eigenvalue weighted by Gasteiger charge is -2.39. The molecule has 2 N–H and O–H groups in total. The molecule has 2 aromatic rings.